The van der Waals surface area contributed by atoms with Gasteiger partial charge in [-0.1, -0.05) is 12.1 Å². The minimum Gasteiger partial charge on any atom is -0.299 e. The standard InChI is InChI=1S/C9H6BrNO3/c10-8-4-3-7(2-1-5-12)6-9(8)11(13)14/h1-6H/b2-1+. The number of rotatable bonds is 3. The zero-order chi connectivity index (χ0) is 10.6. The lowest BCUT2D eigenvalue weighted by Gasteiger charge is -1.96. The van der Waals surface area contributed by atoms with E-state index in [9.17, 15) is 14.9 Å². The Morgan fingerprint density at radius 3 is 2.71 bits per heavy atom. The molecular formula is C9H6BrNO3. The van der Waals surface area contributed by atoms with Gasteiger partial charge in [-0.15, -0.1) is 0 Å². The Hall–Kier alpha value is -1.49. The van der Waals surface area contributed by atoms with Crippen LogP contribution in [0.4, 0.5) is 5.69 Å². The third-order valence-corrected chi connectivity index (χ3v) is 2.20. The number of nitrogens with zero attached hydrogens (tertiary/aromatic N) is 1. The SMILES string of the molecule is O=C/C=C/c1ccc(Br)c([N+](=O)[O-])c1. The molecule has 0 saturated heterocycles. The summed E-state index contributed by atoms with van der Waals surface area (Å²) >= 11 is 3.06. The van der Waals surface area contributed by atoms with Crippen molar-refractivity contribution < 1.29 is 9.72 Å². The van der Waals surface area contributed by atoms with E-state index in [0.717, 1.165) is 0 Å². The van der Waals surface area contributed by atoms with E-state index in [1.165, 1.54) is 18.2 Å². The molecule has 0 aliphatic carbocycles. The largest absolute Gasteiger partial charge is 0.299 e. The van der Waals surface area contributed by atoms with E-state index >= 15 is 0 Å². The van der Waals surface area contributed by atoms with Gasteiger partial charge in [0.05, 0.1) is 9.40 Å². The van der Waals surface area contributed by atoms with Gasteiger partial charge < -0.3 is 0 Å². The van der Waals surface area contributed by atoms with Crippen molar-refractivity contribution in [3.63, 3.8) is 0 Å². The molecule has 0 unspecified atom stereocenters. The van der Waals surface area contributed by atoms with Crippen LogP contribution in [0.3, 0.4) is 0 Å². The highest BCUT2D eigenvalue weighted by molar-refractivity contribution is 9.10. The zero-order valence-electron chi connectivity index (χ0n) is 7.01. The van der Waals surface area contributed by atoms with E-state index in [1.807, 2.05) is 0 Å². The van der Waals surface area contributed by atoms with Crippen LogP contribution in [0, 0.1) is 10.1 Å². The molecule has 1 rings (SSSR count). The number of carbonyl (C=O) groups is 1. The van der Waals surface area contributed by atoms with E-state index in [-0.39, 0.29) is 5.69 Å². The fourth-order valence-electron chi connectivity index (χ4n) is 0.924. The van der Waals surface area contributed by atoms with Crippen LogP contribution >= 0.6 is 15.9 Å². The number of hydrogen-bond donors (Lipinski definition) is 0. The molecule has 0 bridgehead atoms. The summed E-state index contributed by atoms with van der Waals surface area (Å²) in [6.07, 6.45) is 3.41. The summed E-state index contributed by atoms with van der Waals surface area (Å²) in [5.74, 6) is 0. The second kappa shape index (κ2) is 4.66. The fourth-order valence-corrected chi connectivity index (χ4v) is 1.32. The molecule has 4 nitrogen and oxygen atoms in total. The maximum atomic E-state index is 10.5. The van der Waals surface area contributed by atoms with E-state index in [0.29, 0.717) is 16.3 Å². The van der Waals surface area contributed by atoms with Crippen LogP contribution in [0.15, 0.2) is 28.7 Å². The summed E-state index contributed by atoms with van der Waals surface area (Å²) in [5, 5.41) is 10.5. The average Bonchev–Trinajstić information content (AvgIpc) is 2.16. The number of halogens is 1. The van der Waals surface area contributed by atoms with Crippen LogP contribution in [0.2, 0.25) is 0 Å². The number of carbonyl (C=O) groups excluding carboxylic acids is 1. The third kappa shape index (κ3) is 2.50. The van der Waals surface area contributed by atoms with E-state index in [4.69, 9.17) is 0 Å². The number of nitro benzene ring substituents is 1. The summed E-state index contributed by atoms with van der Waals surface area (Å²) in [7, 11) is 0. The molecule has 0 fully saturated rings. The monoisotopic (exact) mass is 255 g/mol. The molecule has 72 valence electrons. The molecule has 0 radical (unpaired) electrons. The fraction of sp³-hybridized carbons (Fsp3) is 0. The first-order chi connectivity index (χ1) is 6.65. The van der Waals surface area contributed by atoms with Crippen LogP contribution in [0.1, 0.15) is 5.56 Å². The van der Waals surface area contributed by atoms with Crippen LogP contribution < -0.4 is 0 Å². The lowest BCUT2D eigenvalue weighted by atomic mass is 10.2. The van der Waals surface area contributed by atoms with E-state index in [2.05, 4.69) is 15.9 Å². The molecule has 0 aromatic heterocycles. The quantitative estimate of drug-likeness (QED) is 0.361. The van der Waals surface area contributed by atoms with Gasteiger partial charge in [-0.05, 0) is 33.6 Å². The number of hydrogen-bond acceptors (Lipinski definition) is 3. The molecule has 1 aromatic rings. The molecule has 1 aromatic carbocycles. The Morgan fingerprint density at radius 2 is 2.14 bits per heavy atom. The summed E-state index contributed by atoms with van der Waals surface area (Å²) in [4.78, 5) is 20.1. The highest BCUT2D eigenvalue weighted by atomic mass is 79.9. The van der Waals surface area contributed by atoms with Gasteiger partial charge in [0.2, 0.25) is 0 Å². The second-order valence-corrected chi connectivity index (χ2v) is 3.32. The van der Waals surface area contributed by atoms with Gasteiger partial charge in [0.15, 0.2) is 0 Å². The Morgan fingerprint density at radius 1 is 1.43 bits per heavy atom. The Bertz CT molecular complexity index is 401. The first-order valence-electron chi connectivity index (χ1n) is 3.71. The first-order valence-corrected chi connectivity index (χ1v) is 4.50. The predicted molar refractivity (Wildman–Crippen MR) is 55.9 cm³/mol. The average molecular weight is 256 g/mol. The van der Waals surface area contributed by atoms with Crippen molar-refractivity contribution in [2.75, 3.05) is 0 Å². The predicted octanol–water partition coefficient (Wildman–Crippen LogP) is 2.57. The van der Waals surface area contributed by atoms with E-state index < -0.39 is 4.92 Å². The minimum absolute atomic E-state index is 0.0157. The molecule has 14 heavy (non-hydrogen) atoms. The maximum absolute atomic E-state index is 10.5. The van der Waals surface area contributed by atoms with Gasteiger partial charge in [-0.2, -0.15) is 0 Å². The topological polar surface area (TPSA) is 60.2 Å². The Kier molecular flexibility index (Phi) is 3.53. The van der Waals surface area contributed by atoms with Crippen molar-refractivity contribution in [3.8, 4) is 0 Å². The van der Waals surface area contributed by atoms with Crippen LogP contribution in [0.5, 0.6) is 0 Å². The van der Waals surface area contributed by atoms with Gasteiger partial charge in [0.25, 0.3) is 5.69 Å². The van der Waals surface area contributed by atoms with Crippen LogP contribution in [-0.4, -0.2) is 11.2 Å². The Labute approximate surface area is 88.5 Å². The Balaban J connectivity index is 3.12. The second-order valence-electron chi connectivity index (χ2n) is 2.46. The summed E-state index contributed by atoms with van der Waals surface area (Å²) in [6, 6.07) is 4.64. The van der Waals surface area contributed by atoms with Crippen LogP contribution in [-0.2, 0) is 4.79 Å². The van der Waals surface area contributed by atoms with E-state index in [1.54, 1.807) is 12.1 Å². The lowest BCUT2D eigenvalue weighted by molar-refractivity contribution is -0.385. The third-order valence-electron chi connectivity index (χ3n) is 1.53. The molecular weight excluding hydrogens is 250 g/mol. The molecule has 0 aliphatic rings. The minimum atomic E-state index is -0.484. The van der Waals surface area contributed by atoms with Crippen molar-refractivity contribution in [2.45, 2.75) is 0 Å². The molecule has 0 aliphatic heterocycles. The van der Waals surface area contributed by atoms with Crippen molar-refractivity contribution in [3.05, 3.63) is 44.4 Å². The van der Waals surface area contributed by atoms with Crippen molar-refractivity contribution in [2.24, 2.45) is 0 Å². The highest BCUT2D eigenvalue weighted by Gasteiger charge is 2.10. The van der Waals surface area contributed by atoms with Gasteiger partial charge in [-0.25, -0.2) is 0 Å². The number of aldehydes is 1. The smallest absolute Gasteiger partial charge is 0.284 e. The summed E-state index contributed by atoms with van der Waals surface area (Å²) in [6.45, 7) is 0. The maximum Gasteiger partial charge on any atom is 0.284 e. The van der Waals surface area contributed by atoms with Crippen molar-refractivity contribution >= 4 is 34.0 Å². The van der Waals surface area contributed by atoms with Gasteiger partial charge >= 0.3 is 0 Å². The van der Waals surface area contributed by atoms with Gasteiger partial charge in [0, 0.05) is 6.07 Å². The van der Waals surface area contributed by atoms with Crippen LogP contribution in [0.25, 0.3) is 6.08 Å². The number of allylic oxidation sites excluding steroid dienone is 1. The van der Waals surface area contributed by atoms with Crippen molar-refractivity contribution in [1.82, 2.24) is 0 Å². The summed E-state index contributed by atoms with van der Waals surface area (Å²) in [5.41, 5.74) is 0.602. The number of benzene rings is 1. The highest BCUT2D eigenvalue weighted by Crippen LogP contribution is 2.25. The van der Waals surface area contributed by atoms with Gasteiger partial charge in [0.1, 0.15) is 6.29 Å². The summed E-state index contributed by atoms with van der Waals surface area (Å²) < 4.78 is 0.422. The first kappa shape index (κ1) is 10.6. The molecule has 0 saturated carbocycles. The normalized spacial score (nSPS) is 10.4. The molecule has 0 amide bonds. The molecule has 0 heterocycles. The molecule has 0 N–H and O–H groups in total. The molecule has 0 spiro atoms. The van der Waals surface area contributed by atoms with Gasteiger partial charge in [-0.3, -0.25) is 14.9 Å². The molecule has 5 heteroatoms. The lowest BCUT2D eigenvalue weighted by Crippen LogP contribution is -1.89. The van der Waals surface area contributed by atoms with Crippen molar-refractivity contribution in [1.29, 1.82) is 0 Å². The zero-order valence-corrected chi connectivity index (χ0v) is 8.60. The molecule has 0 atom stereocenters. The number of nitro groups is 1.